The molecule has 21 heavy (non-hydrogen) atoms. The van der Waals surface area contributed by atoms with Gasteiger partial charge in [-0.15, -0.1) is 0 Å². The maximum atomic E-state index is 11.7. The van der Waals surface area contributed by atoms with Crippen LogP contribution in [-0.2, 0) is 0 Å². The maximum absolute atomic E-state index is 11.7. The van der Waals surface area contributed by atoms with Crippen molar-refractivity contribution in [3.8, 4) is 0 Å². The van der Waals surface area contributed by atoms with Crippen molar-refractivity contribution >= 4 is 22.3 Å². The van der Waals surface area contributed by atoms with Crippen LogP contribution in [0.3, 0.4) is 0 Å². The van der Waals surface area contributed by atoms with Crippen LogP contribution >= 0.6 is 0 Å². The number of aromatic amines is 1. The number of hydrogen-bond donors (Lipinski definition) is 3. The molecule has 2 aromatic rings. The minimum absolute atomic E-state index is 0.110. The average molecular weight is 288 g/mol. The minimum Gasteiger partial charge on any atom is -0.397 e. The van der Waals surface area contributed by atoms with Crippen LogP contribution in [-0.4, -0.2) is 15.5 Å². The van der Waals surface area contributed by atoms with Crippen LogP contribution in [0.1, 0.15) is 41.0 Å². The number of benzene rings is 1. The predicted molar refractivity (Wildman–Crippen MR) is 88.5 cm³/mol. The second-order valence-corrected chi connectivity index (χ2v) is 7.43. The number of H-pyrrole nitrogens is 1. The molecule has 114 valence electrons. The summed E-state index contributed by atoms with van der Waals surface area (Å²) in [7, 11) is 0. The molecule has 0 atom stereocenters. The Morgan fingerprint density at radius 3 is 2.52 bits per heavy atom. The third-order valence-corrected chi connectivity index (χ3v) is 3.26. The molecule has 0 aliphatic heterocycles. The SMILES string of the molecule is CC(C)(C)CC(C)(C)Nc1cc2nc[nH]c(=O)c2cc1N. The number of nitrogens with zero attached hydrogens (tertiary/aromatic N) is 1. The molecule has 4 N–H and O–H groups in total. The molecule has 1 heterocycles. The van der Waals surface area contributed by atoms with E-state index in [1.54, 1.807) is 6.07 Å². The van der Waals surface area contributed by atoms with Gasteiger partial charge in [0.25, 0.3) is 5.56 Å². The lowest BCUT2D eigenvalue weighted by molar-refractivity contribution is 0.302. The van der Waals surface area contributed by atoms with Gasteiger partial charge in [0.1, 0.15) is 0 Å². The van der Waals surface area contributed by atoms with Crippen molar-refractivity contribution in [1.29, 1.82) is 0 Å². The summed E-state index contributed by atoms with van der Waals surface area (Å²) in [4.78, 5) is 18.5. The molecule has 0 unspecified atom stereocenters. The molecule has 1 aromatic heterocycles. The van der Waals surface area contributed by atoms with Crippen molar-refractivity contribution in [2.75, 3.05) is 11.1 Å². The average Bonchev–Trinajstić information content (AvgIpc) is 2.28. The van der Waals surface area contributed by atoms with Gasteiger partial charge in [-0.05, 0) is 37.8 Å². The van der Waals surface area contributed by atoms with E-state index in [4.69, 9.17) is 5.73 Å². The molecule has 0 amide bonds. The molecule has 0 aliphatic rings. The molecule has 5 heteroatoms. The molecule has 0 bridgehead atoms. The number of nitrogen functional groups attached to an aromatic ring is 1. The summed E-state index contributed by atoms with van der Waals surface area (Å²) in [6, 6.07) is 3.51. The van der Waals surface area contributed by atoms with Gasteiger partial charge in [-0.2, -0.15) is 0 Å². The number of nitrogens with two attached hydrogens (primary N) is 1. The van der Waals surface area contributed by atoms with E-state index in [-0.39, 0.29) is 16.5 Å². The number of nitrogens with one attached hydrogen (secondary N) is 2. The van der Waals surface area contributed by atoms with E-state index in [0.717, 1.165) is 12.1 Å². The number of rotatable bonds is 3. The highest BCUT2D eigenvalue weighted by Crippen LogP contribution is 2.32. The highest BCUT2D eigenvalue weighted by atomic mass is 16.1. The first-order valence-corrected chi connectivity index (χ1v) is 7.13. The van der Waals surface area contributed by atoms with E-state index in [1.165, 1.54) is 6.33 Å². The van der Waals surface area contributed by atoms with Gasteiger partial charge in [0.05, 0.1) is 28.6 Å². The summed E-state index contributed by atoms with van der Waals surface area (Å²) in [5, 5.41) is 3.99. The highest BCUT2D eigenvalue weighted by molar-refractivity contribution is 5.88. The lowest BCUT2D eigenvalue weighted by atomic mass is 9.81. The fourth-order valence-corrected chi connectivity index (χ4v) is 2.97. The van der Waals surface area contributed by atoms with Gasteiger partial charge in [-0.25, -0.2) is 4.98 Å². The first kappa shape index (κ1) is 15.4. The van der Waals surface area contributed by atoms with Crippen LogP contribution in [0.15, 0.2) is 23.3 Å². The molecule has 0 spiro atoms. The molecule has 5 nitrogen and oxygen atoms in total. The molecule has 2 rings (SSSR count). The monoisotopic (exact) mass is 288 g/mol. The van der Waals surface area contributed by atoms with Crippen molar-refractivity contribution in [2.24, 2.45) is 5.41 Å². The van der Waals surface area contributed by atoms with Crippen molar-refractivity contribution in [3.63, 3.8) is 0 Å². The van der Waals surface area contributed by atoms with E-state index < -0.39 is 0 Å². The predicted octanol–water partition coefficient (Wildman–Crippen LogP) is 3.13. The van der Waals surface area contributed by atoms with Gasteiger partial charge in [0.2, 0.25) is 0 Å². The van der Waals surface area contributed by atoms with Crippen molar-refractivity contribution in [1.82, 2.24) is 9.97 Å². The zero-order valence-corrected chi connectivity index (χ0v) is 13.4. The van der Waals surface area contributed by atoms with Crippen LogP contribution in [0.25, 0.3) is 10.9 Å². The van der Waals surface area contributed by atoms with Gasteiger partial charge in [0.15, 0.2) is 0 Å². The van der Waals surface area contributed by atoms with Crippen molar-refractivity contribution in [2.45, 2.75) is 46.6 Å². The van der Waals surface area contributed by atoms with E-state index in [0.29, 0.717) is 16.6 Å². The Morgan fingerprint density at radius 2 is 1.90 bits per heavy atom. The van der Waals surface area contributed by atoms with Gasteiger partial charge in [0, 0.05) is 5.54 Å². The molecule has 1 aromatic carbocycles. The number of hydrogen-bond acceptors (Lipinski definition) is 4. The van der Waals surface area contributed by atoms with Crippen LogP contribution in [0.4, 0.5) is 11.4 Å². The lowest BCUT2D eigenvalue weighted by Gasteiger charge is -2.34. The molecule has 0 fully saturated rings. The molecule has 0 saturated heterocycles. The summed E-state index contributed by atoms with van der Waals surface area (Å²) in [6.45, 7) is 10.9. The molecule has 0 aliphatic carbocycles. The normalized spacial score (nSPS) is 12.6. The Morgan fingerprint density at radius 1 is 1.24 bits per heavy atom. The Labute approximate surface area is 125 Å². The molecule has 0 saturated carbocycles. The van der Waals surface area contributed by atoms with Gasteiger partial charge in [-0.3, -0.25) is 4.79 Å². The van der Waals surface area contributed by atoms with E-state index >= 15 is 0 Å². The lowest BCUT2D eigenvalue weighted by Crippen LogP contribution is -2.35. The van der Waals surface area contributed by atoms with Crippen molar-refractivity contribution in [3.05, 3.63) is 28.8 Å². The first-order chi connectivity index (χ1) is 9.57. The standard InChI is InChI=1S/C16H24N4O/c1-15(2,3)8-16(4,5)20-13-7-12-10(6-11(13)17)14(21)19-9-18-12/h6-7,9,20H,8,17H2,1-5H3,(H,18,19,21). The highest BCUT2D eigenvalue weighted by Gasteiger charge is 2.26. The number of fused-ring (bicyclic) bond motifs is 1. The van der Waals surface area contributed by atoms with Crippen LogP contribution in [0.5, 0.6) is 0 Å². The largest absolute Gasteiger partial charge is 0.397 e. The topological polar surface area (TPSA) is 83.8 Å². The summed E-state index contributed by atoms with van der Waals surface area (Å²) < 4.78 is 0. The second-order valence-electron chi connectivity index (χ2n) is 7.43. The summed E-state index contributed by atoms with van der Waals surface area (Å²) in [5.74, 6) is 0. The summed E-state index contributed by atoms with van der Waals surface area (Å²) in [5.41, 5.74) is 8.02. The summed E-state index contributed by atoms with van der Waals surface area (Å²) >= 11 is 0. The fraction of sp³-hybridized carbons (Fsp3) is 0.500. The van der Waals surface area contributed by atoms with E-state index in [2.05, 4.69) is 49.9 Å². The van der Waals surface area contributed by atoms with Gasteiger partial charge >= 0.3 is 0 Å². The van der Waals surface area contributed by atoms with Gasteiger partial charge in [-0.1, -0.05) is 20.8 Å². The fourth-order valence-electron chi connectivity index (χ4n) is 2.97. The molecular weight excluding hydrogens is 264 g/mol. The Bertz CT molecular complexity index is 710. The smallest absolute Gasteiger partial charge is 0.258 e. The number of anilines is 2. The van der Waals surface area contributed by atoms with E-state index in [1.807, 2.05) is 6.07 Å². The zero-order chi connectivity index (χ0) is 15.8. The third kappa shape index (κ3) is 3.74. The van der Waals surface area contributed by atoms with Crippen LogP contribution in [0, 0.1) is 5.41 Å². The van der Waals surface area contributed by atoms with Crippen LogP contribution < -0.4 is 16.6 Å². The van der Waals surface area contributed by atoms with Crippen LogP contribution in [0.2, 0.25) is 0 Å². The third-order valence-electron chi connectivity index (χ3n) is 3.26. The second kappa shape index (κ2) is 5.06. The molecule has 0 radical (unpaired) electrons. The van der Waals surface area contributed by atoms with Gasteiger partial charge < -0.3 is 16.0 Å². The van der Waals surface area contributed by atoms with Crippen molar-refractivity contribution < 1.29 is 0 Å². The molecular formula is C16H24N4O. The first-order valence-electron chi connectivity index (χ1n) is 7.13. The Hall–Kier alpha value is -2.04. The summed E-state index contributed by atoms with van der Waals surface area (Å²) in [6.07, 6.45) is 2.39. The minimum atomic E-state index is -0.174. The Balaban J connectivity index is 2.39. The van der Waals surface area contributed by atoms with E-state index in [9.17, 15) is 4.79 Å². The Kier molecular flexibility index (Phi) is 3.70. The number of aromatic nitrogens is 2. The maximum Gasteiger partial charge on any atom is 0.258 e. The zero-order valence-electron chi connectivity index (χ0n) is 13.4. The quantitative estimate of drug-likeness (QED) is 0.758.